The number of likely N-dealkylation sites (tertiary alicyclic amines) is 1. The topological polar surface area (TPSA) is 29.3 Å². The maximum Gasteiger partial charge on any atom is 0.0323 e. The van der Waals surface area contributed by atoms with E-state index < -0.39 is 0 Å². The summed E-state index contributed by atoms with van der Waals surface area (Å²) in [6, 6.07) is 7.56. The zero-order valence-electron chi connectivity index (χ0n) is 11.4. The quantitative estimate of drug-likeness (QED) is 0.849. The van der Waals surface area contributed by atoms with Crippen LogP contribution < -0.4 is 5.73 Å². The molecule has 2 rings (SSSR count). The van der Waals surface area contributed by atoms with Gasteiger partial charge in [0.05, 0.1) is 0 Å². The molecule has 1 aliphatic rings. The molecule has 0 saturated carbocycles. The lowest BCUT2D eigenvalue weighted by Gasteiger charge is -2.26. The Bertz CT molecular complexity index is 390. The molecule has 0 spiro atoms. The highest BCUT2D eigenvalue weighted by Crippen LogP contribution is 2.28. The van der Waals surface area contributed by atoms with Crippen molar-refractivity contribution in [1.29, 1.82) is 0 Å². The largest absolute Gasteiger partial charge is 0.326 e. The van der Waals surface area contributed by atoms with Crippen molar-refractivity contribution in [1.82, 2.24) is 4.90 Å². The fourth-order valence-corrected chi connectivity index (χ4v) is 2.84. The standard InChI is InChI=1S/C15H24N2/c1-10-5-6-14(11(2)7-10)13(4)17-8-12(3)15(16)9-17/h5-7,12-13,15H,8-9,16H2,1-4H3. The summed E-state index contributed by atoms with van der Waals surface area (Å²) in [5, 5.41) is 0. The molecule has 1 aromatic carbocycles. The van der Waals surface area contributed by atoms with Crippen molar-refractivity contribution in [3.8, 4) is 0 Å². The van der Waals surface area contributed by atoms with Gasteiger partial charge in [-0.3, -0.25) is 4.90 Å². The predicted octanol–water partition coefficient (Wildman–Crippen LogP) is 2.64. The smallest absolute Gasteiger partial charge is 0.0323 e. The van der Waals surface area contributed by atoms with E-state index in [1.807, 2.05) is 0 Å². The first-order valence-electron chi connectivity index (χ1n) is 6.56. The van der Waals surface area contributed by atoms with Crippen LogP contribution in [0, 0.1) is 19.8 Å². The van der Waals surface area contributed by atoms with Crippen LogP contribution in [-0.4, -0.2) is 24.0 Å². The van der Waals surface area contributed by atoms with E-state index in [0.717, 1.165) is 13.1 Å². The number of nitrogens with two attached hydrogens (primary N) is 1. The van der Waals surface area contributed by atoms with Crippen LogP contribution >= 0.6 is 0 Å². The fourth-order valence-electron chi connectivity index (χ4n) is 2.84. The third-order valence-corrected chi connectivity index (χ3v) is 4.12. The van der Waals surface area contributed by atoms with Crippen LogP contribution in [-0.2, 0) is 0 Å². The summed E-state index contributed by atoms with van der Waals surface area (Å²) < 4.78 is 0. The van der Waals surface area contributed by atoms with Crippen molar-refractivity contribution in [2.75, 3.05) is 13.1 Å². The van der Waals surface area contributed by atoms with Gasteiger partial charge in [-0.25, -0.2) is 0 Å². The van der Waals surface area contributed by atoms with Crippen molar-refractivity contribution in [2.45, 2.75) is 39.8 Å². The Morgan fingerprint density at radius 1 is 1.29 bits per heavy atom. The molecule has 0 radical (unpaired) electrons. The summed E-state index contributed by atoms with van der Waals surface area (Å²) in [5.74, 6) is 0.614. The third-order valence-electron chi connectivity index (χ3n) is 4.12. The summed E-state index contributed by atoms with van der Waals surface area (Å²) in [7, 11) is 0. The van der Waals surface area contributed by atoms with Crippen molar-refractivity contribution in [3.05, 3.63) is 34.9 Å². The van der Waals surface area contributed by atoms with Crippen LogP contribution in [0.4, 0.5) is 0 Å². The van der Waals surface area contributed by atoms with E-state index in [4.69, 9.17) is 5.73 Å². The average Bonchev–Trinajstić information content (AvgIpc) is 2.58. The molecule has 3 atom stereocenters. The number of rotatable bonds is 2. The van der Waals surface area contributed by atoms with E-state index in [-0.39, 0.29) is 0 Å². The highest BCUT2D eigenvalue weighted by atomic mass is 15.2. The minimum Gasteiger partial charge on any atom is -0.326 e. The third kappa shape index (κ3) is 2.53. The van der Waals surface area contributed by atoms with Gasteiger partial charge >= 0.3 is 0 Å². The van der Waals surface area contributed by atoms with Crippen molar-refractivity contribution in [3.63, 3.8) is 0 Å². The molecule has 0 bridgehead atoms. The summed E-state index contributed by atoms with van der Waals surface area (Å²) in [5.41, 5.74) is 10.3. The zero-order chi connectivity index (χ0) is 12.6. The number of benzene rings is 1. The highest BCUT2D eigenvalue weighted by Gasteiger charge is 2.30. The lowest BCUT2D eigenvalue weighted by molar-refractivity contribution is 0.253. The van der Waals surface area contributed by atoms with E-state index in [0.29, 0.717) is 18.0 Å². The normalized spacial score (nSPS) is 27.4. The van der Waals surface area contributed by atoms with Gasteiger partial charge in [0, 0.05) is 25.2 Å². The first kappa shape index (κ1) is 12.6. The van der Waals surface area contributed by atoms with Gasteiger partial charge < -0.3 is 5.73 Å². The molecule has 2 nitrogen and oxygen atoms in total. The first-order chi connectivity index (χ1) is 7.99. The second kappa shape index (κ2) is 4.79. The summed E-state index contributed by atoms with van der Waals surface area (Å²) >= 11 is 0. The lowest BCUT2D eigenvalue weighted by Crippen LogP contribution is -2.30. The lowest BCUT2D eigenvalue weighted by atomic mass is 9.99. The first-order valence-corrected chi connectivity index (χ1v) is 6.56. The summed E-state index contributed by atoms with van der Waals surface area (Å²) in [6.45, 7) is 11.0. The number of nitrogens with zero attached hydrogens (tertiary/aromatic N) is 1. The predicted molar refractivity (Wildman–Crippen MR) is 73.0 cm³/mol. The Morgan fingerprint density at radius 3 is 2.53 bits per heavy atom. The van der Waals surface area contributed by atoms with E-state index in [9.17, 15) is 0 Å². The van der Waals surface area contributed by atoms with Gasteiger partial charge in [0.2, 0.25) is 0 Å². The van der Waals surface area contributed by atoms with Crippen LogP contribution in [0.3, 0.4) is 0 Å². The maximum absolute atomic E-state index is 6.11. The van der Waals surface area contributed by atoms with Gasteiger partial charge in [-0.05, 0) is 37.8 Å². The van der Waals surface area contributed by atoms with Crippen molar-refractivity contribution >= 4 is 0 Å². The molecule has 0 aliphatic carbocycles. The fraction of sp³-hybridized carbons (Fsp3) is 0.600. The Balaban J connectivity index is 2.17. The molecule has 94 valence electrons. The van der Waals surface area contributed by atoms with Crippen LogP contribution in [0.15, 0.2) is 18.2 Å². The number of hydrogen-bond acceptors (Lipinski definition) is 2. The Kier molecular flexibility index (Phi) is 3.55. The van der Waals surface area contributed by atoms with Gasteiger partial charge in [0.25, 0.3) is 0 Å². The second-order valence-corrected chi connectivity index (χ2v) is 5.63. The maximum atomic E-state index is 6.11. The van der Waals surface area contributed by atoms with Crippen molar-refractivity contribution in [2.24, 2.45) is 11.7 Å². The van der Waals surface area contributed by atoms with Gasteiger partial charge in [0.15, 0.2) is 0 Å². The molecule has 0 aromatic heterocycles. The molecular weight excluding hydrogens is 208 g/mol. The highest BCUT2D eigenvalue weighted by molar-refractivity contribution is 5.32. The van der Waals surface area contributed by atoms with E-state index in [1.54, 1.807) is 0 Å². The molecule has 2 N–H and O–H groups in total. The SMILES string of the molecule is Cc1ccc(C(C)N2CC(C)C(N)C2)c(C)c1. The molecule has 1 heterocycles. The van der Waals surface area contributed by atoms with Gasteiger partial charge in [0.1, 0.15) is 0 Å². The Labute approximate surface area is 105 Å². The van der Waals surface area contributed by atoms with Crippen LogP contribution in [0.2, 0.25) is 0 Å². The molecule has 1 fully saturated rings. The van der Waals surface area contributed by atoms with Crippen LogP contribution in [0.25, 0.3) is 0 Å². The number of hydrogen-bond donors (Lipinski definition) is 1. The van der Waals surface area contributed by atoms with E-state index in [2.05, 4.69) is 50.8 Å². The minimum atomic E-state index is 0.336. The Morgan fingerprint density at radius 2 is 2.00 bits per heavy atom. The van der Waals surface area contributed by atoms with Crippen LogP contribution in [0.1, 0.15) is 36.6 Å². The van der Waals surface area contributed by atoms with Gasteiger partial charge in [-0.1, -0.05) is 30.7 Å². The van der Waals surface area contributed by atoms with E-state index >= 15 is 0 Å². The Hall–Kier alpha value is -0.860. The monoisotopic (exact) mass is 232 g/mol. The van der Waals surface area contributed by atoms with Gasteiger partial charge in [-0.2, -0.15) is 0 Å². The van der Waals surface area contributed by atoms with Crippen LogP contribution in [0.5, 0.6) is 0 Å². The van der Waals surface area contributed by atoms with Crippen molar-refractivity contribution < 1.29 is 0 Å². The molecular formula is C15H24N2. The molecule has 2 heteroatoms. The molecule has 17 heavy (non-hydrogen) atoms. The van der Waals surface area contributed by atoms with Gasteiger partial charge in [-0.15, -0.1) is 0 Å². The summed E-state index contributed by atoms with van der Waals surface area (Å²) in [4.78, 5) is 2.51. The average molecular weight is 232 g/mol. The number of aryl methyl sites for hydroxylation is 2. The molecule has 1 aromatic rings. The molecule has 1 aliphatic heterocycles. The molecule has 0 amide bonds. The summed E-state index contributed by atoms with van der Waals surface area (Å²) in [6.07, 6.45) is 0. The zero-order valence-corrected chi connectivity index (χ0v) is 11.4. The molecule has 1 saturated heterocycles. The molecule has 3 unspecified atom stereocenters. The minimum absolute atomic E-state index is 0.336. The van der Waals surface area contributed by atoms with E-state index in [1.165, 1.54) is 16.7 Å². The second-order valence-electron chi connectivity index (χ2n) is 5.63.